The lowest BCUT2D eigenvalue weighted by atomic mass is 10.1. The zero-order chi connectivity index (χ0) is 15.8. The van der Waals surface area contributed by atoms with Crippen LogP contribution in [0.25, 0.3) is 0 Å². The molecular formula is C17H28ClIN4. The van der Waals surface area contributed by atoms with Gasteiger partial charge in [0.25, 0.3) is 0 Å². The Hall–Kier alpha value is -0.530. The predicted molar refractivity (Wildman–Crippen MR) is 110 cm³/mol. The van der Waals surface area contributed by atoms with Gasteiger partial charge in [0.1, 0.15) is 0 Å². The van der Waals surface area contributed by atoms with Crippen molar-refractivity contribution in [3.8, 4) is 0 Å². The summed E-state index contributed by atoms with van der Waals surface area (Å²) in [4.78, 5) is 7.12. The smallest absolute Gasteiger partial charge is 0.191 e. The molecular weight excluding hydrogens is 423 g/mol. The average Bonchev–Trinajstić information content (AvgIpc) is 2.92. The minimum atomic E-state index is 0. The molecule has 0 amide bonds. The van der Waals surface area contributed by atoms with E-state index in [4.69, 9.17) is 16.6 Å². The Morgan fingerprint density at radius 1 is 1.35 bits per heavy atom. The van der Waals surface area contributed by atoms with Crippen molar-refractivity contribution >= 4 is 41.5 Å². The van der Waals surface area contributed by atoms with Crippen LogP contribution < -0.4 is 10.6 Å². The lowest BCUT2D eigenvalue weighted by molar-refractivity contribution is 0.317. The van der Waals surface area contributed by atoms with E-state index in [9.17, 15) is 0 Å². The molecule has 1 unspecified atom stereocenters. The Morgan fingerprint density at radius 2 is 2.13 bits per heavy atom. The van der Waals surface area contributed by atoms with E-state index in [-0.39, 0.29) is 24.0 Å². The van der Waals surface area contributed by atoms with Crippen LogP contribution in [0.3, 0.4) is 0 Å². The van der Waals surface area contributed by atoms with Crippen LogP contribution in [0.1, 0.15) is 25.3 Å². The number of nitrogens with one attached hydrogen (secondary N) is 2. The van der Waals surface area contributed by atoms with Crippen molar-refractivity contribution in [3.05, 3.63) is 34.9 Å². The summed E-state index contributed by atoms with van der Waals surface area (Å²) in [7, 11) is 2.19. The van der Waals surface area contributed by atoms with Crippen molar-refractivity contribution in [3.63, 3.8) is 0 Å². The number of likely N-dealkylation sites (N-methyl/N-ethyl adjacent to an activating group) is 1. The highest BCUT2D eigenvalue weighted by molar-refractivity contribution is 14.0. The number of rotatable bonds is 6. The first-order valence-corrected chi connectivity index (χ1v) is 8.54. The summed E-state index contributed by atoms with van der Waals surface area (Å²) in [5, 5.41) is 7.54. The molecule has 1 aromatic rings. The molecule has 1 saturated heterocycles. The van der Waals surface area contributed by atoms with Crippen LogP contribution >= 0.6 is 35.6 Å². The van der Waals surface area contributed by atoms with Gasteiger partial charge in [0.2, 0.25) is 0 Å². The van der Waals surface area contributed by atoms with E-state index in [0.29, 0.717) is 6.04 Å². The third-order valence-corrected chi connectivity index (χ3v) is 4.49. The molecule has 1 atom stereocenters. The third kappa shape index (κ3) is 6.85. The van der Waals surface area contributed by atoms with Crippen LogP contribution in [0.5, 0.6) is 0 Å². The van der Waals surface area contributed by atoms with Gasteiger partial charge in [0, 0.05) is 24.2 Å². The molecule has 0 aliphatic carbocycles. The van der Waals surface area contributed by atoms with Gasteiger partial charge in [-0.05, 0) is 51.4 Å². The molecule has 23 heavy (non-hydrogen) atoms. The summed E-state index contributed by atoms with van der Waals surface area (Å²) in [5.74, 6) is 0.898. The van der Waals surface area contributed by atoms with Crippen molar-refractivity contribution in [1.82, 2.24) is 15.5 Å². The average molecular weight is 451 g/mol. The second-order valence-electron chi connectivity index (χ2n) is 5.76. The SMILES string of the molecule is CCNC(=NCC1CCCN1C)NCCc1ccccc1Cl.I. The molecule has 0 bridgehead atoms. The van der Waals surface area contributed by atoms with Crippen LogP contribution in [-0.2, 0) is 6.42 Å². The number of nitrogens with zero attached hydrogens (tertiary/aromatic N) is 2. The minimum Gasteiger partial charge on any atom is -0.357 e. The van der Waals surface area contributed by atoms with E-state index >= 15 is 0 Å². The van der Waals surface area contributed by atoms with Gasteiger partial charge < -0.3 is 15.5 Å². The maximum absolute atomic E-state index is 6.18. The number of guanidine groups is 1. The number of likely N-dealkylation sites (tertiary alicyclic amines) is 1. The van der Waals surface area contributed by atoms with Gasteiger partial charge in [-0.1, -0.05) is 29.8 Å². The van der Waals surface area contributed by atoms with Crippen molar-refractivity contribution in [2.75, 3.05) is 33.2 Å². The largest absolute Gasteiger partial charge is 0.357 e. The summed E-state index contributed by atoms with van der Waals surface area (Å²) in [6.45, 7) is 5.84. The van der Waals surface area contributed by atoms with Crippen LogP contribution in [0, 0.1) is 0 Å². The monoisotopic (exact) mass is 450 g/mol. The molecule has 1 heterocycles. The minimum absolute atomic E-state index is 0. The Morgan fingerprint density at radius 3 is 2.78 bits per heavy atom. The van der Waals surface area contributed by atoms with E-state index in [2.05, 4.69) is 35.6 Å². The Labute approximate surface area is 162 Å². The van der Waals surface area contributed by atoms with Crippen molar-refractivity contribution < 1.29 is 0 Å². The van der Waals surface area contributed by atoms with Gasteiger partial charge in [0.05, 0.1) is 6.54 Å². The van der Waals surface area contributed by atoms with E-state index in [1.54, 1.807) is 0 Å². The van der Waals surface area contributed by atoms with E-state index in [1.807, 2.05) is 18.2 Å². The van der Waals surface area contributed by atoms with Gasteiger partial charge in [-0.2, -0.15) is 0 Å². The molecule has 0 saturated carbocycles. The highest BCUT2D eigenvalue weighted by atomic mass is 127. The van der Waals surface area contributed by atoms with Crippen LogP contribution in [0.2, 0.25) is 5.02 Å². The molecule has 0 aromatic heterocycles. The second kappa shape index (κ2) is 11.1. The normalized spacial score (nSPS) is 18.6. The van der Waals surface area contributed by atoms with Crippen molar-refractivity contribution in [2.24, 2.45) is 4.99 Å². The standard InChI is InChI=1S/C17H27ClN4.HI/c1-3-19-17(21-13-15-8-6-12-22(15)2)20-11-10-14-7-4-5-9-16(14)18;/h4-5,7,9,15H,3,6,8,10-13H2,1-2H3,(H2,19,20,21);1H. The maximum atomic E-state index is 6.18. The number of halogens is 2. The summed E-state index contributed by atoms with van der Waals surface area (Å²) in [6, 6.07) is 8.58. The first kappa shape index (κ1) is 20.5. The van der Waals surface area contributed by atoms with Gasteiger partial charge in [-0.15, -0.1) is 24.0 Å². The quantitative estimate of drug-likeness (QED) is 0.397. The molecule has 4 nitrogen and oxygen atoms in total. The van der Waals surface area contributed by atoms with Crippen LogP contribution in [0.15, 0.2) is 29.3 Å². The molecule has 1 aliphatic rings. The van der Waals surface area contributed by atoms with Gasteiger partial charge in [-0.3, -0.25) is 4.99 Å². The fourth-order valence-electron chi connectivity index (χ4n) is 2.77. The fourth-order valence-corrected chi connectivity index (χ4v) is 3.00. The number of aliphatic imine (C=N–C) groups is 1. The number of benzene rings is 1. The number of hydrogen-bond donors (Lipinski definition) is 2. The molecule has 1 aromatic carbocycles. The molecule has 2 N–H and O–H groups in total. The third-order valence-electron chi connectivity index (χ3n) is 4.12. The molecule has 130 valence electrons. The molecule has 1 fully saturated rings. The topological polar surface area (TPSA) is 39.7 Å². The van der Waals surface area contributed by atoms with E-state index in [0.717, 1.165) is 37.0 Å². The summed E-state index contributed by atoms with van der Waals surface area (Å²) < 4.78 is 0. The Balaban J connectivity index is 0.00000264. The highest BCUT2D eigenvalue weighted by Crippen LogP contribution is 2.15. The molecule has 1 aliphatic heterocycles. The van der Waals surface area contributed by atoms with E-state index < -0.39 is 0 Å². The number of hydrogen-bond acceptors (Lipinski definition) is 2. The lowest BCUT2D eigenvalue weighted by Crippen LogP contribution is -2.39. The second-order valence-corrected chi connectivity index (χ2v) is 6.17. The van der Waals surface area contributed by atoms with Crippen LogP contribution in [-0.4, -0.2) is 50.1 Å². The molecule has 0 spiro atoms. The maximum Gasteiger partial charge on any atom is 0.191 e. The molecule has 0 radical (unpaired) electrons. The van der Waals surface area contributed by atoms with Crippen LogP contribution in [0.4, 0.5) is 0 Å². The highest BCUT2D eigenvalue weighted by Gasteiger charge is 2.20. The zero-order valence-corrected chi connectivity index (χ0v) is 17.1. The van der Waals surface area contributed by atoms with E-state index in [1.165, 1.54) is 24.9 Å². The first-order chi connectivity index (χ1) is 10.7. The van der Waals surface area contributed by atoms with Gasteiger partial charge in [-0.25, -0.2) is 0 Å². The molecule has 6 heteroatoms. The summed E-state index contributed by atoms with van der Waals surface area (Å²) >= 11 is 6.18. The zero-order valence-electron chi connectivity index (χ0n) is 14.0. The van der Waals surface area contributed by atoms with Crippen molar-refractivity contribution in [2.45, 2.75) is 32.2 Å². The Bertz CT molecular complexity index is 495. The summed E-state index contributed by atoms with van der Waals surface area (Å²) in [5.41, 5.74) is 1.17. The fraction of sp³-hybridized carbons (Fsp3) is 0.588. The van der Waals surface area contributed by atoms with Gasteiger partial charge in [0.15, 0.2) is 5.96 Å². The Kier molecular flexibility index (Phi) is 9.90. The molecule has 2 rings (SSSR count). The summed E-state index contributed by atoms with van der Waals surface area (Å²) in [6.07, 6.45) is 3.43. The lowest BCUT2D eigenvalue weighted by Gasteiger charge is -2.18. The predicted octanol–water partition coefficient (Wildman–Crippen LogP) is 3.15. The van der Waals surface area contributed by atoms with Gasteiger partial charge >= 0.3 is 0 Å². The van der Waals surface area contributed by atoms with Crippen molar-refractivity contribution in [1.29, 1.82) is 0 Å². The first-order valence-electron chi connectivity index (χ1n) is 8.16.